The van der Waals surface area contributed by atoms with Crippen molar-refractivity contribution in [3.63, 3.8) is 0 Å². The first-order valence-corrected chi connectivity index (χ1v) is 5.35. The van der Waals surface area contributed by atoms with Gasteiger partial charge in [0.15, 0.2) is 0 Å². The highest BCUT2D eigenvalue weighted by atomic mass is 16.3. The fourth-order valence-corrected chi connectivity index (χ4v) is 1.41. The molecule has 0 aliphatic heterocycles. The molecule has 1 aromatic rings. The normalized spacial score (nSPS) is 12.1. The molecule has 0 heterocycles. The van der Waals surface area contributed by atoms with Crippen molar-refractivity contribution < 1.29 is 15.0 Å². The van der Waals surface area contributed by atoms with Crippen molar-refractivity contribution in [3.8, 4) is 0 Å². The molecule has 0 radical (unpaired) electrons. The fourth-order valence-electron chi connectivity index (χ4n) is 1.41. The third-order valence-corrected chi connectivity index (χ3v) is 2.30. The van der Waals surface area contributed by atoms with E-state index in [2.05, 4.69) is 5.32 Å². The first-order valence-electron chi connectivity index (χ1n) is 5.35. The Kier molecular flexibility index (Phi) is 5.53. The van der Waals surface area contributed by atoms with Crippen LogP contribution in [0.25, 0.3) is 0 Å². The number of carbonyl (C=O) groups excluding carboxylic acids is 1. The Hall–Kier alpha value is -1.39. The van der Waals surface area contributed by atoms with E-state index in [1.165, 1.54) is 0 Å². The van der Waals surface area contributed by atoms with E-state index in [-0.39, 0.29) is 25.2 Å². The maximum absolute atomic E-state index is 11.7. The monoisotopic (exact) mass is 223 g/mol. The van der Waals surface area contributed by atoms with E-state index in [1.807, 2.05) is 6.07 Å². The van der Waals surface area contributed by atoms with E-state index in [9.17, 15) is 4.79 Å². The number of benzene rings is 1. The van der Waals surface area contributed by atoms with Crippen LogP contribution in [-0.2, 0) is 0 Å². The minimum Gasteiger partial charge on any atom is -0.396 e. The number of carbonyl (C=O) groups is 1. The molecule has 4 heteroatoms. The molecule has 0 saturated carbocycles. The van der Waals surface area contributed by atoms with Crippen LogP contribution in [0.2, 0.25) is 0 Å². The van der Waals surface area contributed by atoms with Gasteiger partial charge in [0.05, 0.1) is 12.6 Å². The molecule has 0 aromatic heterocycles. The summed E-state index contributed by atoms with van der Waals surface area (Å²) < 4.78 is 0. The van der Waals surface area contributed by atoms with Gasteiger partial charge in [-0.05, 0) is 25.0 Å². The van der Waals surface area contributed by atoms with Crippen molar-refractivity contribution in [1.29, 1.82) is 0 Å². The summed E-state index contributed by atoms with van der Waals surface area (Å²) in [7, 11) is 0. The second kappa shape index (κ2) is 6.98. The lowest BCUT2D eigenvalue weighted by molar-refractivity contribution is 0.0909. The lowest BCUT2D eigenvalue weighted by Gasteiger charge is -2.15. The Balaban J connectivity index is 2.49. The average molecular weight is 223 g/mol. The molecular formula is C12H17NO3. The van der Waals surface area contributed by atoms with Gasteiger partial charge >= 0.3 is 0 Å². The highest BCUT2D eigenvalue weighted by Crippen LogP contribution is 2.01. The third kappa shape index (κ3) is 4.00. The summed E-state index contributed by atoms with van der Waals surface area (Å²) in [5.74, 6) is -0.197. The van der Waals surface area contributed by atoms with Crippen molar-refractivity contribution in [3.05, 3.63) is 35.9 Å². The van der Waals surface area contributed by atoms with Crippen LogP contribution in [0.15, 0.2) is 30.3 Å². The largest absolute Gasteiger partial charge is 0.396 e. The molecule has 0 aliphatic carbocycles. The number of hydrogen-bond donors (Lipinski definition) is 3. The summed E-state index contributed by atoms with van der Waals surface area (Å²) in [5, 5.41) is 20.4. The minimum atomic E-state index is -0.292. The van der Waals surface area contributed by atoms with Crippen LogP contribution in [0.3, 0.4) is 0 Å². The Morgan fingerprint density at radius 2 is 1.94 bits per heavy atom. The summed E-state index contributed by atoms with van der Waals surface area (Å²) >= 11 is 0. The average Bonchev–Trinajstić information content (AvgIpc) is 2.35. The van der Waals surface area contributed by atoms with E-state index in [4.69, 9.17) is 10.2 Å². The molecule has 4 nitrogen and oxygen atoms in total. The second-order valence-electron chi connectivity index (χ2n) is 3.58. The Bertz CT molecular complexity index is 313. The summed E-state index contributed by atoms with van der Waals surface area (Å²) in [6.07, 6.45) is 1.14. The SMILES string of the molecule is O=C(NC(CO)CCCO)c1ccccc1. The number of amides is 1. The molecule has 1 aromatic carbocycles. The van der Waals surface area contributed by atoms with E-state index in [0.717, 1.165) is 0 Å². The predicted octanol–water partition coefficient (Wildman–Crippen LogP) is 0.550. The molecule has 1 unspecified atom stereocenters. The van der Waals surface area contributed by atoms with E-state index in [1.54, 1.807) is 24.3 Å². The molecule has 88 valence electrons. The van der Waals surface area contributed by atoms with E-state index >= 15 is 0 Å². The molecule has 0 fully saturated rings. The van der Waals surface area contributed by atoms with Gasteiger partial charge in [0.2, 0.25) is 0 Å². The van der Waals surface area contributed by atoms with Gasteiger partial charge in [-0.3, -0.25) is 4.79 Å². The number of rotatable bonds is 6. The Labute approximate surface area is 94.9 Å². The zero-order valence-electron chi connectivity index (χ0n) is 9.10. The maximum Gasteiger partial charge on any atom is 0.251 e. The van der Waals surface area contributed by atoms with Crippen LogP contribution in [-0.4, -0.2) is 35.4 Å². The van der Waals surface area contributed by atoms with Crippen molar-refractivity contribution in [1.82, 2.24) is 5.32 Å². The zero-order chi connectivity index (χ0) is 11.8. The smallest absolute Gasteiger partial charge is 0.251 e. The molecule has 1 rings (SSSR count). The lowest BCUT2D eigenvalue weighted by Crippen LogP contribution is -2.37. The molecule has 0 spiro atoms. The number of nitrogens with one attached hydrogen (secondary N) is 1. The summed E-state index contributed by atoms with van der Waals surface area (Å²) in [4.78, 5) is 11.7. The van der Waals surface area contributed by atoms with E-state index < -0.39 is 0 Å². The van der Waals surface area contributed by atoms with Crippen LogP contribution in [0.5, 0.6) is 0 Å². The summed E-state index contributed by atoms with van der Waals surface area (Å²) in [6.45, 7) is -0.0454. The highest BCUT2D eigenvalue weighted by molar-refractivity contribution is 5.94. The van der Waals surface area contributed by atoms with Crippen LogP contribution < -0.4 is 5.32 Å². The molecular weight excluding hydrogens is 206 g/mol. The van der Waals surface area contributed by atoms with Crippen molar-refractivity contribution >= 4 is 5.91 Å². The maximum atomic E-state index is 11.7. The summed E-state index contributed by atoms with van der Waals surface area (Å²) in [5.41, 5.74) is 0.574. The quantitative estimate of drug-likeness (QED) is 0.659. The van der Waals surface area contributed by atoms with Gasteiger partial charge in [0, 0.05) is 12.2 Å². The van der Waals surface area contributed by atoms with Crippen LogP contribution in [0.4, 0.5) is 0 Å². The molecule has 3 N–H and O–H groups in total. The van der Waals surface area contributed by atoms with Gasteiger partial charge in [0.1, 0.15) is 0 Å². The lowest BCUT2D eigenvalue weighted by atomic mass is 10.1. The van der Waals surface area contributed by atoms with Crippen molar-refractivity contribution in [2.24, 2.45) is 0 Å². The van der Waals surface area contributed by atoms with Gasteiger partial charge < -0.3 is 15.5 Å². The Morgan fingerprint density at radius 1 is 1.25 bits per heavy atom. The molecule has 0 bridgehead atoms. The zero-order valence-corrected chi connectivity index (χ0v) is 9.10. The second-order valence-corrected chi connectivity index (χ2v) is 3.58. The minimum absolute atomic E-state index is 0.0672. The molecule has 0 aliphatic rings. The summed E-state index contributed by atoms with van der Waals surface area (Å²) in [6, 6.07) is 8.56. The molecule has 0 saturated heterocycles. The molecule has 16 heavy (non-hydrogen) atoms. The van der Waals surface area contributed by atoms with Crippen LogP contribution >= 0.6 is 0 Å². The first kappa shape index (κ1) is 12.7. The van der Waals surface area contributed by atoms with E-state index in [0.29, 0.717) is 18.4 Å². The van der Waals surface area contributed by atoms with Crippen molar-refractivity contribution in [2.75, 3.05) is 13.2 Å². The van der Waals surface area contributed by atoms with Gasteiger partial charge in [-0.2, -0.15) is 0 Å². The van der Waals surface area contributed by atoms with Crippen molar-refractivity contribution in [2.45, 2.75) is 18.9 Å². The van der Waals surface area contributed by atoms with Gasteiger partial charge in [-0.1, -0.05) is 18.2 Å². The standard InChI is InChI=1S/C12H17NO3/c14-8-4-7-11(9-15)13-12(16)10-5-2-1-3-6-10/h1-3,5-6,11,14-15H,4,7-9H2,(H,13,16). The molecule has 1 atom stereocenters. The van der Waals surface area contributed by atoms with Gasteiger partial charge in [-0.15, -0.1) is 0 Å². The highest BCUT2D eigenvalue weighted by Gasteiger charge is 2.11. The van der Waals surface area contributed by atoms with Gasteiger partial charge in [-0.25, -0.2) is 0 Å². The first-order chi connectivity index (χ1) is 7.77. The predicted molar refractivity (Wildman–Crippen MR) is 61.1 cm³/mol. The third-order valence-electron chi connectivity index (χ3n) is 2.30. The van der Waals surface area contributed by atoms with Gasteiger partial charge in [0.25, 0.3) is 5.91 Å². The fraction of sp³-hybridized carbons (Fsp3) is 0.417. The van der Waals surface area contributed by atoms with Crippen LogP contribution in [0.1, 0.15) is 23.2 Å². The topological polar surface area (TPSA) is 69.6 Å². The number of aliphatic hydroxyl groups excluding tert-OH is 2. The Morgan fingerprint density at radius 3 is 2.50 bits per heavy atom. The molecule has 1 amide bonds. The van der Waals surface area contributed by atoms with Crippen LogP contribution in [0, 0.1) is 0 Å². The number of aliphatic hydroxyl groups is 2. The number of hydrogen-bond acceptors (Lipinski definition) is 3.